The number of benzene rings is 2. The van der Waals surface area contributed by atoms with E-state index in [1.807, 2.05) is 48.5 Å². The molecule has 0 spiro atoms. The van der Waals surface area contributed by atoms with E-state index in [0.717, 1.165) is 11.1 Å². The number of hydrogen-bond acceptors (Lipinski definition) is 6. The standard InChI is InChI=1S/C23H25N3O3S/c24-21-11-12-26(23(27)25-21)22-13-19(29-15-18-9-5-2-6-10-18)20(30-22)16-28-14-17-7-3-1-4-8-17/h1-12,19-20,22H,13-16H2,(H2,24,25,27)/t19-,20-,22?/m0/s1. The molecule has 3 atom stereocenters. The lowest BCUT2D eigenvalue weighted by Gasteiger charge is -2.19. The molecular weight excluding hydrogens is 398 g/mol. The van der Waals surface area contributed by atoms with Crippen LogP contribution in [0.4, 0.5) is 5.82 Å². The Balaban J connectivity index is 1.43. The molecule has 2 aromatic carbocycles. The van der Waals surface area contributed by atoms with E-state index in [0.29, 0.717) is 26.2 Å². The number of nitrogens with zero attached hydrogens (tertiary/aromatic N) is 2. The number of aromatic nitrogens is 2. The largest absolute Gasteiger partial charge is 0.383 e. The van der Waals surface area contributed by atoms with Gasteiger partial charge in [0.2, 0.25) is 0 Å². The summed E-state index contributed by atoms with van der Waals surface area (Å²) in [5.41, 5.74) is 7.57. The summed E-state index contributed by atoms with van der Waals surface area (Å²) in [6, 6.07) is 21.9. The Morgan fingerprint density at radius 3 is 2.33 bits per heavy atom. The fourth-order valence-electron chi connectivity index (χ4n) is 3.49. The van der Waals surface area contributed by atoms with Crippen LogP contribution in [0.3, 0.4) is 0 Å². The summed E-state index contributed by atoms with van der Waals surface area (Å²) in [6.07, 6.45) is 2.40. The van der Waals surface area contributed by atoms with Gasteiger partial charge < -0.3 is 15.2 Å². The first kappa shape index (κ1) is 20.7. The molecule has 3 aromatic rings. The highest BCUT2D eigenvalue weighted by atomic mass is 32.2. The van der Waals surface area contributed by atoms with Crippen molar-refractivity contribution in [2.45, 2.75) is 36.4 Å². The summed E-state index contributed by atoms with van der Waals surface area (Å²) in [7, 11) is 0. The van der Waals surface area contributed by atoms with Gasteiger partial charge in [-0.2, -0.15) is 4.98 Å². The minimum Gasteiger partial charge on any atom is -0.383 e. The molecule has 1 aromatic heterocycles. The summed E-state index contributed by atoms with van der Waals surface area (Å²) in [6.45, 7) is 1.63. The highest BCUT2D eigenvalue weighted by Crippen LogP contribution is 2.42. The van der Waals surface area contributed by atoms with E-state index in [2.05, 4.69) is 17.1 Å². The van der Waals surface area contributed by atoms with Crippen molar-refractivity contribution >= 4 is 17.6 Å². The molecule has 156 valence electrons. The van der Waals surface area contributed by atoms with Gasteiger partial charge in [-0.25, -0.2) is 4.79 Å². The second-order valence-electron chi connectivity index (χ2n) is 7.24. The Morgan fingerprint density at radius 2 is 1.67 bits per heavy atom. The maximum absolute atomic E-state index is 12.3. The molecule has 0 bridgehead atoms. The normalized spacial score (nSPS) is 21.0. The first-order chi connectivity index (χ1) is 14.7. The van der Waals surface area contributed by atoms with Crippen LogP contribution in [0, 0.1) is 0 Å². The quantitative estimate of drug-likeness (QED) is 0.596. The van der Waals surface area contributed by atoms with E-state index in [4.69, 9.17) is 15.2 Å². The summed E-state index contributed by atoms with van der Waals surface area (Å²) < 4.78 is 13.9. The van der Waals surface area contributed by atoms with Crippen molar-refractivity contribution < 1.29 is 9.47 Å². The summed E-state index contributed by atoms with van der Waals surface area (Å²) in [4.78, 5) is 16.2. The number of ether oxygens (including phenoxy) is 2. The highest BCUT2D eigenvalue weighted by Gasteiger charge is 2.37. The molecule has 0 radical (unpaired) electrons. The van der Waals surface area contributed by atoms with E-state index in [-0.39, 0.29) is 28.2 Å². The number of thioether (sulfide) groups is 1. The molecule has 1 saturated heterocycles. The summed E-state index contributed by atoms with van der Waals surface area (Å²) in [5, 5.41) is 0.0589. The molecule has 0 aliphatic carbocycles. The van der Waals surface area contributed by atoms with Crippen molar-refractivity contribution in [1.29, 1.82) is 0 Å². The number of anilines is 1. The number of nitrogen functional groups attached to an aromatic ring is 1. The molecular formula is C23H25N3O3S. The van der Waals surface area contributed by atoms with Crippen LogP contribution in [0.25, 0.3) is 0 Å². The SMILES string of the molecule is Nc1ccn(C2C[C@H](OCc3ccccc3)[C@H](COCc3ccccc3)S2)c(=O)n1. The molecule has 1 aliphatic heterocycles. The molecule has 6 nitrogen and oxygen atoms in total. The molecule has 2 heterocycles. The van der Waals surface area contributed by atoms with E-state index in [1.165, 1.54) is 0 Å². The van der Waals surface area contributed by atoms with Crippen LogP contribution in [0.5, 0.6) is 0 Å². The lowest BCUT2D eigenvalue weighted by molar-refractivity contribution is 0.0135. The monoisotopic (exact) mass is 423 g/mol. The molecule has 1 unspecified atom stereocenters. The van der Waals surface area contributed by atoms with Gasteiger partial charge in [0.1, 0.15) is 5.82 Å². The average molecular weight is 424 g/mol. The first-order valence-corrected chi connectivity index (χ1v) is 10.9. The minimum absolute atomic E-state index is 0.0274. The number of rotatable bonds is 8. The molecule has 4 rings (SSSR count). The topological polar surface area (TPSA) is 79.4 Å². The van der Waals surface area contributed by atoms with Crippen LogP contribution in [0.1, 0.15) is 22.9 Å². The Kier molecular flexibility index (Phi) is 6.84. The van der Waals surface area contributed by atoms with Gasteiger partial charge in [-0.05, 0) is 17.2 Å². The Morgan fingerprint density at radius 1 is 1.00 bits per heavy atom. The third-order valence-electron chi connectivity index (χ3n) is 5.04. The summed E-state index contributed by atoms with van der Waals surface area (Å²) >= 11 is 1.69. The third kappa shape index (κ3) is 5.30. The van der Waals surface area contributed by atoms with Crippen molar-refractivity contribution in [2.24, 2.45) is 0 Å². The second kappa shape index (κ2) is 9.93. The zero-order valence-electron chi connectivity index (χ0n) is 16.6. The maximum Gasteiger partial charge on any atom is 0.350 e. The predicted octanol–water partition coefficient (Wildman–Crippen LogP) is 3.63. The van der Waals surface area contributed by atoms with Crippen LogP contribution in [-0.4, -0.2) is 27.5 Å². The Bertz CT molecular complexity index is 997. The van der Waals surface area contributed by atoms with Gasteiger partial charge in [0.15, 0.2) is 0 Å². The fourth-order valence-corrected chi connectivity index (χ4v) is 5.02. The zero-order valence-corrected chi connectivity index (χ0v) is 17.4. The van der Waals surface area contributed by atoms with Gasteiger partial charge in [-0.15, -0.1) is 11.8 Å². The maximum atomic E-state index is 12.3. The lowest BCUT2D eigenvalue weighted by atomic mass is 10.1. The van der Waals surface area contributed by atoms with E-state index >= 15 is 0 Å². The average Bonchev–Trinajstić information content (AvgIpc) is 3.16. The highest BCUT2D eigenvalue weighted by molar-refractivity contribution is 8.00. The van der Waals surface area contributed by atoms with Gasteiger partial charge in [-0.1, -0.05) is 60.7 Å². The zero-order chi connectivity index (χ0) is 20.8. The van der Waals surface area contributed by atoms with Crippen molar-refractivity contribution in [1.82, 2.24) is 9.55 Å². The Hall–Kier alpha value is -2.61. The van der Waals surface area contributed by atoms with Gasteiger partial charge >= 0.3 is 5.69 Å². The fraction of sp³-hybridized carbons (Fsp3) is 0.304. The molecule has 2 N–H and O–H groups in total. The molecule has 30 heavy (non-hydrogen) atoms. The molecule has 0 saturated carbocycles. The van der Waals surface area contributed by atoms with Crippen molar-refractivity contribution in [3.05, 3.63) is 94.5 Å². The Labute approximate surface area is 180 Å². The molecule has 1 fully saturated rings. The third-order valence-corrected chi connectivity index (χ3v) is 6.57. The van der Waals surface area contributed by atoms with Crippen LogP contribution < -0.4 is 11.4 Å². The molecule has 7 heteroatoms. The van der Waals surface area contributed by atoms with Crippen molar-refractivity contribution in [2.75, 3.05) is 12.3 Å². The first-order valence-electron chi connectivity index (χ1n) is 9.96. The van der Waals surface area contributed by atoms with Gasteiger partial charge in [0.05, 0.1) is 36.5 Å². The van der Waals surface area contributed by atoms with Crippen LogP contribution in [0.2, 0.25) is 0 Å². The lowest BCUT2D eigenvalue weighted by Crippen LogP contribution is -2.27. The molecule has 0 amide bonds. The second-order valence-corrected chi connectivity index (χ2v) is 8.66. The minimum atomic E-state index is -0.333. The summed E-state index contributed by atoms with van der Waals surface area (Å²) in [5.74, 6) is 0.235. The smallest absolute Gasteiger partial charge is 0.350 e. The van der Waals surface area contributed by atoms with Crippen molar-refractivity contribution in [3.8, 4) is 0 Å². The van der Waals surface area contributed by atoms with Gasteiger partial charge in [-0.3, -0.25) is 4.57 Å². The number of nitrogens with two attached hydrogens (primary N) is 1. The molecule has 1 aliphatic rings. The van der Waals surface area contributed by atoms with E-state index in [9.17, 15) is 4.79 Å². The van der Waals surface area contributed by atoms with Gasteiger partial charge in [0.25, 0.3) is 0 Å². The predicted molar refractivity (Wildman–Crippen MR) is 119 cm³/mol. The van der Waals surface area contributed by atoms with Gasteiger partial charge in [0, 0.05) is 12.6 Å². The van der Waals surface area contributed by atoms with Crippen LogP contribution in [-0.2, 0) is 22.7 Å². The van der Waals surface area contributed by atoms with E-state index in [1.54, 1.807) is 28.6 Å². The van der Waals surface area contributed by atoms with Crippen molar-refractivity contribution in [3.63, 3.8) is 0 Å². The number of hydrogen-bond donors (Lipinski definition) is 1. The van der Waals surface area contributed by atoms with Crippen LogP contribution >= 0.6 is 11.8 Å². The van der Waals surface area contributed by atoms with Crippen LogP contribution in [0.15, 0.2) is 77.7 Å². The van der Waals surface area contributed by atoms with E-state index < -0.39 is 0 Å².